The van der Waals surface area contributed by atoms with Gasteiger partial charge in [-0.15, -0.1) is 0 Å². The quantitative estimate of drug-likeness (QED) is 0.496. The van der Waals surface area contributed by atoms with Gasteiger partial charge in [-0.1, -0.05) is 18.2 Å². The highest BCUT2D eigenvalue weighted by Gasteiger charge is 2.21. The summed E-state index contributed by atoms with van der Waals surface area (Å²) in [5.74, 6) is -0.290. The molecule has 0 saturated carbocycles. The first-order chi connectivity index (χ1) is 15.9. The lowest BCUT2D eigenvalue weighted by Gasteiger charge is -2.31. The summed E-state index contributed by atoms with van der Waals surface area (Å²) in [4.78, 5) is 19.1. The Bertz CT molecular complexity index is 1230. The van der Waals surface area contributed by atoms with E-state index in [4.69, 9.17) is 0 Å². The van der Waals surface area contributed by atoms with Crippen molar-refractivity contribution in [1.29, 1.82) is 0 Å². The van der Waals surface area contributed by atoms with E-state index >= 15 is 0 Å². The molecule has 0 aliphatic carbocycles. The van der Waals surface area contributed by atoms with Crippen LogP contribution in [0.1, 0.15) is 21.5 Å². The van der Waals surface area contributed by atoms with E-state index in [1.165, 1.54) is 0 Å². The van der Waals surface area contributed by atoms with E-state index < -0.39 is 10.0 Å². The molecule has 1 aromatic heterocycles. The minimum Gasteiger partial charge on any atom is -0.367 e. The topological polar surface area (TPSA) is 103 Å². The molecule has 0 spiro atoms. The molecule has 1 amide bonds. The molecule has 2 heterocycles. The number of benzene rings is 2. The molecule has 3 aromatic rings. The van der Waals surface area contributed by atoms with Crippen LogP contribution < -0.4 is 20.3 Å². The van der Waals surface area contributed by atoms with Crippen LogP contribution in [0.3, 0.4) is 0 Å². The third-order valence-corrected chi connectivity index (χ3v) is 6.80. The first-order valence-electron chi connectivity index (χ1n) is 10.8. The molecular formula is C24H27N5O3S. The van der Waals surface area contributed by atoms with Gasteiger partial charge < -0.3 is 15.5 Å². The van der Waals surface area contributed by atoms with E-state index in [-0.39, 0.29) is 10.8 Å². The molecule has 1 saturated heterocycles. The molecule has 0 unspecified atom stereocenters. The van der Waals surface area contributed by atoms with E-state index in [0.717, 1.165) is 43.0 Å². The molecule has 9 heteroatoms. The molecule has 8 nitrogen and oxygen atoms in total. The van der Waals surface area contributed by atoms with Gasteiger partial charge in [0, 0.05) is 50.7 Å². The molecule has 4 rings (SSSR count). The molecule has 0 atom stereocenters. The van der Waals surface area contributed by atoms with Crippen molar-refractivity contribution in [2.75, 3.05) is 35.8 Å². The minimum absolute atomic E-state index is 0.181. The van der Waals surface area contributed by atoms with Crippen molar-refractivity contribution >= 4 is 27.3 Å². The Hall–Kier alpha value is -3.43. The smallest absolute Gasteiger partial charge is 0.261 e. The summed E-state index contributed by atoms with van der Waals surface area (Å²) in [5.41, 5.74) is 3.23. The standard InChI is InChI=1S/C24H27N5O3S/c1-18-4-2-6-21(14-18)33(31,32)28-22-15-20(7-8-23(22)29-12-10-25-11-13-29)24(30)27-17-19-5-3-9-26-16-19/h2-9,14-16,25,28H,10-13,17H2,1H3,(H,27,30). The van der Waals surface area contributed by atoms with Gasteiger partial charge in [0.2, 0.25) is 0 Å². The molecule has 1 aliphatic rings. The number of hydrogen-bond donors (Lipinski definition) is 3. The predicted molar refractivity (Wildman–Crippen MR) is 129 cm³/mol. The van der Waals surface area contributed by atoms with Crippen molar-refractivity contribution in [1.82, 2.24) is 15.6 Å². The van der Waals surface area contributed by atoms with Crippen LogP contribution in [0.5, 0.6) is 0 Å². The van der Waals surface area contributed by atoms with Crippen LogP contribution in [0, 0.1) is 6.92 Å². The van der Waals surface area contributed by atoms with Crippen LogP contribution in [0.2, 0.25) is 0 Å². The average molecular weight is 466 g/mol. The van der Waals surface area contributed by atoms with Crippen molar-refractivity contribution in [3.63, 3.8) is 0 Å². The minimum atomic E-state index is -3.83. The first-order valence-corrected chi connectivity index (χ1v) is 12.3. The van der Waals surface area contributed by atoms with E-state index in [9.17, 15) is 13.2 Å². The molecule has 1 fully saturated rings. The SMILES string of the molecule is Cc1cccc(S(=O)(=O)Nc2cc(C(=O)NCc3cccnc3)ccc2N2CCNCC2)c1. The van der Waals surface area contributed by atoms with Gasteiger partial charge in [0.05, 0.1) is 16.3 Å². The lowest BCUT2D eigenvalue weighted by Crippen LogP contribution is -2.43. The summed E-state index contributed by atoms with van der Waals surface area (Å²) in [6.45, 7) is 5.27. The van der Waals surface area contributed by atoms with Gasteiger partial charge in [0.1, 0.15) is 0 Å². The lowest BCUT2D eigenvalue weighted by molar-refractivity contribution is 0.0951. The maximum atomic E-state index is 13.1. The van der Waals surface area contributed by atoms with Crippen LogP contribution in [0.25, 0.3) is 0 Å². The van der Waals surface area contributed by atoms with E-state index in [1.54, 1.807) is 48.8 Å². The van der Waals surface area contributed by atoms with Gasteiger partial charge in [-0.25, -0.2) is 8.42 Å². The van der Waals surface area contributed by atoms with E-state index in [0.29, 0.717) is 17.8 Å². The van der Waals surface area contributed by atoms with E-state index in [2.05, 4.69) is 25.2 Å². The highest BCUT2D eigenvalue weighted by molar-refractivity contribution is 7.92. The number of sulfonamides is 1. The van der Waals surface area contributed by atoms with Crippen LogP contribution in [-0.2, 0) is 16.6 Å². The van der Waals surface area contributed by atoms with Crippen LogP contribution in [-0.4, -0.2) is 45.5 Å². The Kier molecular flexibility index (Phi) is 6.90. The summed E-state index contributed by atoms with van der Waals surface area (Å²) in [7, 11) is -3.83. The maximum absolute atomic E-state index is 13.1. The molecule has 1 aliphatic heterocycles. The number of pyridine rings is 1. The zero-order valence-electron chi connectivity index (χ0n) is 18.4. The molecule has 0 radical (unpaired) electrons. The monoisotopic (exact) mass is 465 g/mol. The highest BCUT2D eigenvalue weighted by Crippen LogP contribution is 2.30. The lowest BCUT2D eigenvalue weighted by atomic mass is 10.1. The number of nitrogens with one attached hydrogen (secondary N) is 3. The second-order valence-electron chi connectivity index (χ2n) is 7.93. The molecule has 3 N–H and O–H groups in total. The fourth-order valence-electron chi connectivity index (χ4n) is 3.71. The Balaban J connectivity index is 1.62. The van der Waals surface area contributed by atoms with Crippen LogP contribution in [0.4, 0.5) is 11.4 Å². The van der Waals surface area contributed by atoms with E-state index in [1.807, 2.05) is 25.1 Å². The van der Waals surface area contributed by atoms with Crippen molar-refractivity contribution in [2.45, 2.75) is 18.4 Å². The van der Waals surface area contributed by atoms with Gasteiger partial charge in [-0.3, -0.25) is 14.5 Å². The fraction of sp³-hybridized carbons (Fsp3) is 0.250. The third-order valence-electron chi connectivity index (χ3n) is 5.44. The van der Waals surface area contributed by atoms with Crippen LogP contribution in [0.15, 0.2) is 71.9 Å². The number of carbonyl (C=O) groups is 1. The Labute approximate surface area is 194 Å². The summed E-state index contributed by atoms with van der Waals surface area (Å²) < 4.78 is 29.0. The summed E-state index contributed by atoms with van der Waals surface area (Å²) in [6, 6.07) is 15.6. The number of anilines is 2. The predicted octanol–water partition coefficient (Wildman–Crippen LogP) is 2.53. The largest absolute Gasteiger partial charge is 0.367 e. The van der Waals surface area contributed by atoms with Gasteiger partial charge >= 0.3 is 0 Å². The number of carbonyl (C=O) groups excluding carboxylic acids is 1. The Morgan fingerprint density at radius 1 is 1.09 bits per heavy atom. The summed E-state index contributed by atoms with van der Waals surface area (Å²) in [5, 5.41) is 6.16. The van der Waals surface area contributed by atoms with Gasteiger partial charge in [0.25, 0.3) is 15.9 Å². The van der Waals surface area contributed by atoms with Crippen molar-refractivity contribution < 1.29 is 13.2 Å². The number of hydrogen-bond acceptors (Lipinski definition) is 6. The maximum Gasteiger partial charge on any atom is 0.261 e. The molecule has 0 bridgehead atoms. The zero-order chi connectivity index (χ0) is 23.3. The molecule has 33 heavy (non-hydrogen) atoms. The van der Waals surface area contributed by atoms with Crippen molar-refractivity contribution in [3.05, 3.63) is 83.7 Å². The number of amides is 1. The van der Waals surface area contributed by atoms with Gasteiger partial charge in [-0.05, 0) is 54.4 Å². The van der Waals surface area contributed by atoms with Crippen molar-refractivity contribution in [3.8, 4) is 0 Å². The second kappa shape index (κ2) is 10.0. The molecule has 2 aromatic carbocycles. The highest BCUT2D eigenvalue weighted by atomic mass is 32.2. The Morgan fingerprint density at radius 2 is 1.91 bits per heavy atom. The number of rotatable bonds is 7. The van der Waals surface area contributed by atoms with Crippen molar-refractivity contribution in [2.24, 2.45) is 0 Å². The normalized spacial score (nSPS) is 14.0. The first kappa shape index (κ1) is 22.8. The second-order valence-corrected chi connectivity index (χ2v) is 9.62. The van der Waals surface area contributed by atoms with Crippen LogP contribution >= 0.6 is 0 Å². The molecule has 172 valence electrons. The molecular weight excluding hydrogens is 438 g/mol. The number of aromatic nitrogens is 1. The number of nitrogens with zero attached hydrogens (tertiary/aromatic N) is 2. The fourth-order valence-corrected chi connectivity index (χ4v) is 4.88. The summed E-state index contributed by atoms with van der Waals surface area (Å²) in [6.07, 6.45) is 3.36. The number of piperazine rings is 1. The average Bonchev–Trinajstić information content (AvgIpc) is 2.83. The van der Waals surface area contributed by atoms with Gasteiger partial charge in [0.15, 0.2) is 0 Å². The number of aryl methyl sites for hydroxylation is 1. The Morgan fingerprint density at radius 3 is 2.64 bits per heavy atom. The summed E-state index contributed by atoms with van der Waals surface area (Å²) >= 11 is 0. The third kappa shape index (κ3) is 5.68. The van der Waals surface area contributed by atoms with Gasteiger partial charge in [-0.2, -0.15) is 0 Å². The zero-order valence-corrected chi connectivity index (χ0v) is 19.2.